The smallest absolute Gasteiger partial charge is 0.131 e. The maximum absolute atomic E-state index is 5.86. The fraction of sp³-hybridized carbons (Fsp3) is 0.333. The van der Waals surface area contributed by atoms with Crippen molar-refractivity contribution in [1.82, 2.24) is 0 Å². The predicted octanol–water partition coefficient (Wildman–Crippen LogP) is 2.51. The maximum atomic E-state index is 5.86. The van der Waals surface area contributed by atoms with Crippen LogP contribution >= 0.6 is 0 Å². The van der Waals surface area contributed by atoms with Crippen LogP contribution in [0.4, 0.5) is 0 Å². The second kappa shape index (κ2) is 4.47. The van der Waals surface area contributed by atoms with E-state index in [0.717, 1.165) is 6.42 Å². The van der Waals surface area contributed by atoms with Crippen molar-refractivity contribution in [2.45, 2.75) is 18.1 Å². The molecule has 0 aromatic heterocycles. The molecule has 0 bridgehead atoms. The molecule has 17 heavy (non-hydrogen) atoms. The van der Waals surface area contributed by atoms with Crippen LogP contribution in [0.25, 0.3) is 0 Å². The molecule has 0 unspecified atom stereocenters. The van der Waals surface area contributed by atoms with Crippen molar-refractivity contribution < 1.29 is 9.47 Å². The molecule has 2 nitrogen and oxygen atoms in total. The maximum Gasteiger partial charge on any atom is 0.131 e. The van der Waals surface area contributed by atoms with Crippen LogP contribution in [0.2, 0.25) is 0 Å². The van der Waals surface area contributed by atoms with Gasteiger partial charge in [0.05, 0.1) is 19.3 Å². The Kier molecular flexibility index (Phi) is 2.83. The molecule has 1 aromatic rings. The molecule has 1 spiro atoms. The average molecular weight is 228 g/mol. The minimum absolute atomic E-state index is 0.0775. The summed E-state index contributed by atoms with van der Waals surface area (Å²) in [5.41, 5.74) is 0.949. The summed E-state index contributed by atoms with van der Waals surface area (Å²) >= 11 is 0. The third-order valence-electron chi connectivity index (χ3n) is 3.35. The first kappa shape index (κ1) is 10.8. The Morgan fingerprint density at radius 1 is 1.06 bits per heavy atom. The lowest BCUT2D eigenvalue weighted by Gasteiger charge is -2.35. The molecule has 0 aliphatic carbocycles. The lowest BCUT2D eigenvalue weighted by atomic mass is 9.89. The van der Waals surface area contributed by atoms with Crippen molar-refractivity contribution in [1.29, 1.82) is 0 Å². The topological polar surface area (TPSA) is 18.5 Å². The Bertz CT molecular complexity index is 435. The van der Waals surface area contributed by atoms with Crippen LogP contribution in [0.15, 0.2) is 54.6 Å². The highest BCUT2D eigenvalue weighted by atomic mass is 16.6. The summed E-state index contributed by atoms with van der Waals surface area (Å²) in [5.74, 6) is 0. The molecular formula is C15H16O2. The summed E-state index contributed by atoms with van der Waals surface area (Å²) in [6.07, 6.45) is 9.32. The first-order valence-electron chi connectivity index (χ1n) is 6.04. The van der Waals surface area contributed by atoms with Crippen LogP contribution in [-0.4, -0.2) is 24.9 Å². The lowest BCUT2D eigenvalue weighted by Crippen LogP contribution is -2.45. The van der Waals surface area contributed by atoms with E-state index < -0.39 is 0 Å². The van der Waals surface area contributed by atoms with Crippen molar-refractivity contribution in [3.8, 4) is 0 Å². The summed E-state index contributed by atoms with van der Waals surface area (Å²) < 4.78 is 11.7. The SMILES string of the molecule is C1=C[C@@]2(C=CCO2)[C@@H](Cc2ccccc2)OC1. The van der Waals surface area contributed by atoms with E-state index in [2.05, 4.69) is 42.5 Å². The highest BCUT2D eigenvalue weighted by molar-refractivity contribution is 5.27. The number of benzene rings is 1. The van der Waals surface area contributed by atoms with Crippen LogP contribution in [0.1, 0.15) is 5.56 Å². The van der Waals surface area contributed by atoms with Crippen LogP contribution in [0.5, 0.6) is 0 Å². The minimum Gasteiger partial charge on any atom is -0.370 e. The molecule has 0 saturated heterocycles. The standard InChI is InChI=1S/C15H16O2/c1-2-6-13(7-3-1)12-14-15(8-4-10-16-14)9-5-11-17-15/h1-9,14H,10-12H2/t14-,15-/m1/s1. The average Bonchev–Trinajstić information content (AvgIpc) is 2.83. The summed E-state index contributed by atoms with van der Waals surface area (Å²) in [6.45, 7) is 1.36. The van der Waals surface area contributed by atoms with E-state index in [1.165, 1.54) is 5.56 Å². The number of hydrogen-bond donors (Lipinski definition) is 0. The van der Waals surface area contributed by atoms with Gasteiger partial charge in [0.1, 0.15) is 5.60 Å². The van der Waals surface area contributed by atoms with Crippen LogP contribution in [-0.2, 0) is 15.9 Å². The molecular weight excluding hydrogens is 212 g/mol. The zero-order valence-corrected chi connectivity index (χ0v) is 9.71. The summed E-state index contributed by atoms with van der Waals surface area (Å²) in [4.78, 5) is 0. The molecule has 3 rings (SSSR count). The van der Waals surface area contributed by atoms with Gasteiger partial charge in [-0.15, -0.1) is 0 Å². The molecule has 0 N–H and O–H groups in total. The van der Waals surface area contributed by atoms with Crippen molar-refractivity contribution in [3.63, 3.8) is 0 Å². The van der Waals surface area contributed by atoms with Gasteiger partial charge in [0.25, 0.3) is 0 Å². The van der Waals surface area contributed by atoms with E-state index in [1.807, 2.05) is 12.1 Å². The molecule has 0 saturated carbocycles. The van der Waals surface area contributed by atoms with Gasteiger partial charge in [0.15, 0.2) is 0 Å². The monoisotopic (exact) mass is 228 g/mol. The largest absolute Gasteiger partial charge is 0.370 e. The van der Waals surface area contributed by atoms with Gasteiger partial charge in [0.2, 0.25) is 0 Å². The van der Waals surface area contributed by atoms with Gasteiger partial charge >= 0.3 is 0 Å². The zero-order valence-electron chi connectivity index (χ0n) is 9.71. The summed E-state index contributed by atoms with van der Waals surface area (Å²) in [6, 6.07) is 10.4. The lowest BCUT2D eigenvalue weighted by molar-refractivity contribution is -0.0787. The highest BCUT2D eigenvalue weighted by Crippen LogP contribution is 2.31. The van der Waals surface area contributed by atoms with E-state index in [-0.39, 0.29) is 11.7 Å². The number of rotatable bonds is 2. The Morgan fingerprint density at radius 2 is 1.82 bits per heavy atom. The number of hydrogen-bond acceptors (Lipinski definition) is 2. The minimum atomic E-state index is -0.339. The molecule has 2 atom stereocenters. The van der Waals surface area contributed by atoms with Gasteiger partial charge in [-0.2, -0.15) is 0 Å². The zero-order chi connectivity index (χ0) is 11.6. The van der Waals surface area contributed by atoms with Crippen molar-refractivity contribution in [2.24, 2.45) is 0 Å². The Labute approximate surface area is 102 Å². The Hall–Kier alpha value is -1.38. The van der Waals surface area contributed by atoms with Gasteiger partial charge in [-0.1, -0.05) is 42.5 Å². The molecule has 2 aliphatic rings. The first-order valence-corrected chi connectivity index (χ1v) is 6.04. The fourth-order valence-corrected chi connectivity index (χ4v) is 2.47. The number of ether oxygens (including phenoxy) is 2. The second-order valence-corrected chi connectivity index (χ2v) is 4.48. The summed E-state index contributed by atoms with van der Waals surface area (Å²) in [5, 5.41) is 0. The van der Waals surface area contributed by atoms with E-state index >= 15 is 0 Å². The molecule has 0 radical (unpaired) electrons. The van der Waals surface area contributed by atoms with Gasteiger partial charge in [-0.05, 0) is 17.7 Å². The Morgan fingerprint density at radius 3 is 2.59 bits per heavy atom. The van der Waals surface area contributed by atoms with Gasteiger partial charge < -0.3 is 9.47 Å². The second-order valence-electron chi connectivity index (χ2n) is 4.48. The molecule has 0 amide bonds. The molecule has 0 fully saturated rings. The van der Waals surface area contributed by atoms with E-state index in [1.54, 1.807) is 0 Å². The van der Waals surface area contributed by atoms with Crippen molar-refractivity contribution in [3.05, 3.63) is 60.2 Å². The van der Waals surface area contributed by atoms with Gasteiger partial charge in [0, 0.05) is 6.42 Å². The third kappa shape index (κ3) is 2.06. The van der Waals surface area contributed by atoms with E-state index in [0.29, 0.717) is 13.2 Å². The molecule has 2 heterocycles. The van der Waals surface area contributed by atoms with E-state index in [9.17, 15) is 0 Å². The molecule has 2 aliphatic heterocycles. The predicted molar refractivity (Wildman–Crippen MR) is 66.8 cm³/mol. The first-order chi connectivity index (χ1) is 8.39. The molecule has 2 heteroatoms. The Balaban J connectivity index is 1.82. The van der Waals surface area contributed by atoms with Crippen molar-refractivity contribution >= 4 is 0 Å². The van der Waals surface area contributed by atoms with Crippen LogP contribution in [0.3, 0.4) is 0 Å². The molecule has 1 aromatic carbocycles. The molecule has 88 valence electrons. The van der Waals surface area contributed by atoms with Crippen LogP contribution < -0.4 is 0 Å². The van der Waals surface area contributed by atoms with Crippen LogP contribution in [0, 0.1) is 0 Å². The summed E-state index contributed by atoms with van der Waals surface area (Å²) in [7, 11) is 0. The van der Waals surface area contributed by atoms with Gasteiger partial charge in [-0.25, -0.2) is 0 Å². The quantitative estimate of drug-likeness (QED) is 0.724. The van der Waals surface area contributed by atoms with Gasteiger partial charge in [-0.3, -0.25) is 0 Å². The fourth-order valence-electron chi connectivity index (χ4n) is 2.47. The third-order valence-corrected chi connectivity index (χ3v) is 3.35. The van der Waals surface area contributed by atoms with Crippen molar-refractivity contribution in [2.75, 3.05) is 13.2 Å². The normalized spacial score (nSPS) is 31.2. The van der Waals surface area contributed by atoms with E-state index in [4.69, 9.17) is 9.47 Å². The highest BCUT2D eigenvalue weighted by Gasteiger charge is 2.39.